The van der Waals surface area contributed by atoms with E-state index >= 15 is 0 Å². The van der Waals surface area contributed by atoms with Gasteiger partial charge in [0.25, 0.3) is 15.9 Å². The molecule has 33 heavy (non-hydrogen) atoms. The average molecular weight is 486 g/mol. The van der Waals surface area contributed by atoms with Gasteiger partial charge in [-0.2, -0.15) is 0 Å². The van der Waals surface area contributed by atoms with Gasteiger partial charge in [0.2, 0.25) is 5.91 Å². The minimum Gasteiger partial charge on any atom is -0.332 e. The predicted octanol–water partition coefficient (Wildman–Crippen LogP) is 4.47. The van der Waals surface area contributed by atoms with Gasteiger partial charge >= 0.3 is 0 Å². The zero-order chi connectivity index (χ0) is 24.2. The fourth-order valence-corrected chi connectivity index (χ4v) is 4.42. The Kier molecular flexibility index (Phi) is 7.40. The Hall–Kier alpha value is -3.36. The van der Waals surface area contributed by atoms with Crippen LogP contribution in [0.4, 0.5) is 11.4 Å². The van der Waals surface area contributed by atoms with Gasteiger partial charge in [0.1, 0.15) is 0 Å². The topological polar surface area (TPSA) is 95.6 Å². The molecule has 0 fully saturated rings. The number of hydrogen-bond acceptors (Lipinski definition) is 4. The molecule has 0 saturated heterocycles. The minimum absolute atomic E-state index is 0.0492. The molecular weight excluding hydrogens is 462 g/mol. The number of rotatable bonds is 7. The zero-order valence-electron chi connectivity index (χ0n) is 18.4. The van der Waals surface area contributed by atoms with Crippen molar-refractivity contribution >= 4 is 44.8 Å². The van der Waals surface area contributed by atoms with Crippen molar-refractivity contribution in [1.29, 1.82) is 0 Å². The molecule has 3 aromatic rings. The normalized spacial score (nSPS) is 11.0. The number of hydrogen-bond donors (Lipinski definition) is 2. The van der Waals surface area contributed by atoms with Gasteiger partial charge in [-0.25, -0.2) is 8.42 Å². The molecule has 0 aliphatic carbocycles. The molecule has 0 saturated carbocycles. The van der Waals surface area contributed by atoms with E-state index in [0.29, 0.717) is 22.0 Å². The third kappa shape index (κ3) is 6.12. The van der Waals surface area contributed by atoms with Crippen LogP contribution in [0.2, 0.25) is 5.02 Å². The quantitative estimate of drug-likeness (QED) is 0.516. The third-order valence-electron chi connectivity index (χ3n) is 4.90. The second-order valence-corrected chi connectivity index (χ2v) is 9.73. The van der Waals surface area contributed by atoms with E-state index in [-0.39, 0.29) is 17.0 Å². The average Bonchev–Trinajstić information content (AvgIpc) is 2.74. The molecule has 0 unspecified atom stereocenters. The molecule has 0 heterocycles. The summed E-state index contributed by atoms with van der Waals surface area (Å²) in [6, 6.07) is 18.1. The lowest BCUT2D eigenvalue weighted by atomic mass is 10.1. The monoisotopic (exact) mass is 485 g/mol. The van der Waals surface area contributed by atoms with Gasteiger partial charge in [-0.1, -0.05) is 41.9 Å². The van der Waals surface area contributed by atoms with Gasteiger partial charge in [0, 0.05) is 18.3 Å². The molecule has 3 rings (SSSR count). The van der Waals surface area contributed by atoms with Crippen molar-refractivity contribution < 1.29 is 18.0 Å². The molecule has 0 spiro atoms. The number of halogens is 1. The molecule has 0 bridgehead atoms. The number of likely N-dealkylation sites (N-methyl/N-ethyl adjacent to an activating group) is 1. The van der Waals surface area contributed by atoms with Gasteiger partial charge in [-0.15, -0.1) is 0 Å². The smallest absolute Gasteiger partial charge is 0.261 e. The molecule has 0 radical (unpaired) electrons. The maximum atomic E-state index is 13.0. The lowest BCUT2D eigenvalue weighted by Crippen LogP contribution is -2.35. The summed E-state index contributed by atoms with van der Waals surface area (Å²) in [5, 5.41) is 3.04. The summed E-state index contributed by atoms with van der Waals surface area (Å²) in [7, 11) is -2.44. The van der Waals surface area contributed by atoms with Crippen molar-refractivity contribution in [3.8, 4) is 0 Å². The summed E-state index contributed by atoms with van der Waals surface area (Å²) in [4.78, 5) is 26.6. The van der Waals surface area contributed by atoms with E-state index in [4.69, 9.17) is 11.6 Å². The van der Waals surface area contributed by atoms with Crippen LogP contribution >= 0.6 is 11.6 Å². The van der Waals surface area contributed by atoms with Crippen molar-refractivity contribution in [1.82, 2.24) is 4.90 Å². The first kappa shape index (κ1) is 24.3. The van der Waals surface area contributed by atoms with Crippen LogP contribution in [0.5, 0.6) is 0 Å². The number of para-hydroxylation sites is 1. The fourth-order valence-electron chi connectivity index (χ4n) is 3.17. The largest absolute Gasteiger partial charge is 0.332 e. The molecular formula is C24H24ClN3O4S. The molecule has 0 aliphatic rings. The van der Waals surface area contributed by atoms with E-state index in [0.717, 1.165) is 5.56 Å². The van der Waals surface area contributed by atoms with Crippen molar-refractivity contribution in [2.75, 3.05) is 23.6 Å². The molecule has 2 N–H and O–H groups in total. The van der Waals surface area contributed by atoms with E-state index in [1.165, 1.54) is 24.1 Å². The first-order chi connectivity index (χ1) is 15.6. The Morgan fingerprint density at radius 3 is 2.39 bits per heavy atom. The maximum absolute atomic E-state index is 13.0. The first-order valence-electron chi connectivity index (χ1n) is 10.1. The second-order valence-electron chi connectivity index (χ2n) is 7.64. The minimum atomic E-state index is -3.91. The standard InChI is InChI=1S/C24H24ClN3O4S/c1-16-7-6-8-18(13-16)27-33(31,32)19-12-11-17(2)20(14-19)24(30)28(3)15-23(29)26-22-10-5-4-9-21(22)25/h4-14,27H,15H2,1-3H3,(H,26,29). The first-order valence-corrected chi connectivity index (χ1v) is 11.9. The van der Waals surface area contributed by atoms with Crippen LogP contribution in [-0.4, -0.2) is 38.7 Å². The van der Waals surface area contributed by atoms with Crippen LogP contribution in [0.3, 0.4) is 0 Å². The number of nitrogens with one attached hydrogen (secondary N) is 2. The van der Waals surface area contributed by atoms with E-state index in [1.807, 2.05) is 13.0 Å². The van der Waals surface area contributed by atoms with Crippen molar-refractivity contribution in [3.63, 3.8) is 0 Å². The summed E-state index contributed by atoms with van der Waals surface area (Å²) in [5.41, 5.74) is 2.56. The molecule has 172 valence electrons. The summed E-state index contributed by atoms with van der Waals surface area (Å²) >= 11 is 6.05. The van der Waals surface area contributed by atoms with Crippen molar-refractivity contribution in [2.24, 2.45) is 0 Å². The van der Waals surface area contributed by atoms with Crippen LogP contribution in [0, 0.1) is 13.8 Å². The van der Waals surface area contributed by atoms with Crippen molar-refractivity contribution in [3.05, 3.63) is 88.4 Å². The Morgan fingerprint density at radius 2 is 1.70 bits per heavy atom. The lowest BCUT2D eigenvalue weighted by molar-refractivity contribution is -0.116. The SMILES string of the molecule is Cc1cccc(NS(=O)(=O)c2ccc(C)c(C(=O)N(C)CC(=O)Nc3ccccc3Cl)c2)c1. The number of aryl methyl sites for hydroxylation is 2. The van der Waals surface area contributed by atoms with Gasteiger partial charge in [-0.3, -0.25) is 14.3 Å². The van der Waals surface area contributed by atoms with Crippen LogP contribution in [0.15, 0.2) is 71.6 Å². The van der Waals surface area contributed by atoms with Crippen LogP contribution in [-0.2, 0) is 14.8 Å². The number of amides is 2. The summed E-state index contributed by atoms with van der Waals surface area (Å²) in [6.45, 7) is 3.33. The van der Waals surface area contributed by atoms with Crippen molar-refractivity contribution in [2.45, 2.75) is 18.7 Å². The van der Waals surface area contributed by atoms with E-state index in [2.05, 4.69) is 10.0 Å². The zero-order valence-corrected chi connectivity index (χ0v) is 20.0. The van der Waals surface area contributed by atoms with Gasteiger partial charge < -0.3 is 10.2 Å². The van der Waals surface area contributed by atoms with Gasteiger partial charge in [0.15, 0.2) is 0 Å². The van der Waals surface area contributed by atoms with E-state index in [9.17, 15) is 18.0 Å². The number of carbonyl (C=O) groups excluding carboxylic acids is 2. The highest BCUT2D eigenvalue weighted by Gasteiger charge is 2.21. The Bertz CT molecular complexity index is 1310. The molecule has 3 aromatic carbocycles. The molecule has 0 atom stereocenters. The number of anilines is 2. The Labute approximate surface area is 198 Å². The highest BCUT2D eigenvalue weighted by Crippen LogP contribution is 2.22. The highest BCUT2D eigenvalue weighted by molar-refractivity contribution is 7.92. The molecule has 0 aromatic heterocycles. The molecule has 7 nitrogen and oxygen atoms in total. The van der Waals surface area contributed by atoms with E-state index in [1.54, 1.807) is 55.5 Å². The maximum Gasteiger partial charge on any atom is 0.261 e. The highest BCUT2D eigenvalue weighted by atomic mass is 35.5. The lowest BCUT2D eigenvalue weighted by Gasteiger charge is -2.19. The number of carbonyl (C=O) groups is 2. The number of benzene rings is 3. The van der Waals surface area contributed by atoms with Gasteiger partial charge in [-0.05, 0) is 61.4 Å². The van der Waals surface area contributed by atoms with Crippen LogP contribution in [0.1, 0.15) is 21.5 Å². The van der Waals surface area contributed by atoms with Crippen LogP contribution < -0.4 is 10.0 Å². The molecule has 0 aliphatic heterocycles. The van der Waals surface area contributed by atoms with Gasteiger partial charge in [0.05, 0.1) is 22.2 Å². The fraction of sp³-hybridized carbons (Fsp3) is 0.167. The molecule has 2 amide bonds. The second kappa shape index (κ2) is 10.1. The summed E-state index contributed by atoms with van der Waals surface area (Å²) in [5.74, 6) is -0.907. The number of sulfonamides is 1. The Balaban J connectivity index is 1.77. The predicted molar refractivity (Wildman–Crippen MR) is 130 cm³/mol. The molecule has 9 heteroatoms. The summed E-state index contributed by atoms with van der Waals surface area (Å²) in [6.07, 6.45) is 0. The third-order valence-corrected chi connectivity index (χ3v) is 6.60. The van der Waals surface area contributed by atoms with Crippen LogP contribution in [0.25, 0.3) is 0 Å². The summed E-state index contributed by atoms with van der Waals surface area (Å²) < 4.78 is 28.3. The van der Waals surface area contributed by atoms with E-state index < -0.39 is 21.8 Å². The Morgan fingerprint density at radius 1 is 0.970 bits per heavy atom. The number of nitrogens with zero attached hydrogens (tertiary/aromatic N) is 1.